The lowest BCUT2D eigenvalue weighted by Gasteiger charge is -2.24. The van der Waals surface area contributed by atoms with E-state index in [9.17, 15) is 0 Å². The molecule has 0 fully saturated rings. The Balaban J connectivity index is 2.16. The number of hydrogen-bond donors (Lipinski definition) is 1. The Bertz CT molecular complexity index is 450. The molecule has 17 heavy (non-hydrogen) atoms. The van der Waals surface area contributed by atoms with Crippen LogP contribution < -0.4 is 5.32 Å². The summed E-state index contributed by atoms with van der Waals surface area (Å²) in [5.41, 5.74) is 0.897. The van der Waals surface area contributed by atoms with Gasteiger partial charge >= 0.3 is 0 Å². The molecule has 1 aliphatic heterocycles. The number of nitrogens with one attached hydrogen (secondary N) is 1. The summed E-state index contributed by atoms with van der Waals surface area (Å²) in [4.78, 5) is 4.62. The summed E-state index contributed by atoms with van der Waals surface area (Å²) in [6, 6.07) is 6.13. The molecule has 1 aromatic carbocycles. The van der Waals surface area contributed by atoms with E-state index in [-0.39, 0.29) is 0 Å². The first-order valence-corrected chi connectivity index (χ1v) is 7.64. The molecule has 1 heterocycles. The van der Waals surface area contributed by atoms with E-state index >= 15 is 0 Å². The zero-order valence-corrected chi connectivity index (χ0v) is 12.9. The average Bonchev–Trinajstić information content (AvgIpc) is 2.29. The van der Waals surface area contributed by atoms with E-state index in [4.69, 9.17) is 11.6 Å². The number of anilines is 1. The Hall–Kier alpha value is -0.190. The van der Waals surface area contributed by atoms with Crippen molar-refractivity contribution in [2.75, 3.05) is 11.1 Å². The maximum absolute atomic E-state index is 6.13. The molecule has 1 N–H and O–H groups in total. The van der Waals surface area contributed by atoms with Crippen molar-refractivity contribution >= 4 is 50.1 Å². The molecule has 2 unspecified atom stereocenters. The van der Waals surface area contributed by atoms with Gasteiger partial charge in [0.05, 0.1) is 16.8 Å². The summed E-state index contributed by atoms with van der Waals surface area (Å²) >= 11 is 11.3. The molecule has 0 aromatic heterocycles. The van der Waals surface area contributed by atoms with Crippen LogP contribution in [0.3, 0.4) is 0 Å². The first kappa shape index (κ1) is 13.2. The molecule has 92 valence electrons. The highest BCUT2D eigenvalue weighted by Crippen LogP contribution is 2.29. The zero-order valence-electron chi connectivity index (χ0n) is 9.71. The minimum atomic E-state index is 0.365. The van der Waals surface area contributed by atoms with Crippen LogP contribution in [0.5, 0.6) is 0 Å². The van der Waals surface area contributed by atoms with Crippen molar-refractivity contribution in [3.63, 3.8) is 0 Å². The van der Waals surface area contributed by atoms with Crippen LogP contribution in [0.2, 0.25) is 5.02 Å². The van der Waals surface area contributed by atoms with Crippen LogP contribution in [0.4, 0.5) is 5.69 Å². The van der Waals surface area contributed by atoms with Gasteiger partial charge < -0.3 is 5.32 Å². The molecule has 2 nitrogen and oxygen atoms in total. The summed E-state index contributed by atoms with van der Waals surface area (Å²) in [6.07, 6.45) is 0. The minimum absolute atomic E-state index is 0.365. The fourth-order valence-electron chi connectivity index (χ4n) is 1.48. The molecule has 1 aliphatic rings. The number of amidine groups is 1. The van der Waals surface area contributed by atoms with Gasteiger partial charge in [-0.25, -0.2) is 0 Å². The average molecular weight is 334 g/mol. The number of halogens is 2. The lowest BCUT2D eigenvalue weighted by Crippen LogP contribution is -2.25. The summed E-state index contributed by atoms with van der Waals surface area (Å²) in [5.74, 6) is 1.72. The smallest absolute Gasteiger partial charge is 0.161 e. The van der Waals surface area contributed by atoms with Crippen LogP contribution in [0.1, 0.15) is 13.8 Å². The molecule has 0 aliphatic carbocycles. The van der Waals surface area contributed by atoms with Crippen LogP contribution in [-0.2, 0) is 0 Å². The molecule has 0 saturated heterocycles. The van der Waals surface area contributed by atoms with E-state index in [0.29, 0.717) is 17.0 Å². The molecule has 1 aromatic rings. The van der Waals surface area contributed by atoms with Gasteiger partial charge in [0.2, 0.25) is 0 Å². The zero-order chi connectivity index (χ0) is 12.4. The van der Waals surface area contributed by atoms with E-state index in [0.717, 1.165) is 21.1 Å². The molecule has 0 amide bonds. The van der Waals surface area contributed by atoms with E-state index in [2.05, 4.69) is 40.1 Å². The third kappa shape index (κ3) is 3.39. The Morgan fingerprint density at radius 3 is 2.94 bits per heavy atom. The molecular weight excluding hydrogens is 320 g/mol. The predicted molar refractivity (Wildman–Crippen MR) is 81.3 cm³/mol. The largest absolute Gasteiger partial charge is 0.334 e. The second-order valence-corrected chi connectivity index (χ2v) is 6.54. The highest BCUT2D eigenvalue weighted by molar-refractivity contribution is 9.10. The highest BCUT2D eigenvalue weighted by atomic mass is 79.9. The standard InChI is InChI=1S/C12H14BrClN2S/c1-7-6-17-12(15-8(7)2)16-11-5-9(13)3-4-10(11)14/h3-5,7-8H,6H2,1-2H3,(H,15,16). The van der Waals surface area contributed by atoms with Crippen molar-refractivity contribution in [1.29, 1.82) is 0 Å². The molecule has 5 heteroatoms. The molecule has 0 spiro atoms. The van der Waals surface area contributed by atoms with Crippen molar-refractivity contribution in [2.45, 2.75) is 19.9 Å². The Morgan fingerprint density at radius 1 is 1.47 bits per heavy atom. The maximum atomic E-state index is 6.13. The topological polar surface area (TPSA) is 24.4 Å². The molecule has 0 saturated carbocycles. The number of thioether (sulfide) groups is 1. The van der Waals surface area contributed by atoms with Crippen LogP contribution in [-0.4, -0.2) is 17.0 Å². The van der Waals surface area contributed by atoms with Gasteiger partial charge in [-0.1, -0.05) is 46.2 Å². The number of hydrogen-bond acceptors (Lipinski definition) is 3. The number of rotatable bonds is 1. The third-order valence-electron chi connectivity index (χ3n) is 2.80. The fraction of sp³-hybridized carbons (Fsp3) is 0.417. The normalized spacial score (nSPS) is 24.4. The van der Waals surface area contributed by atoms with Crippen molar-refractivity contribution in [3.8, 4) is 0 Å². The SMILES string of the molecule is CC1CSC(Nc2cc(Br)ccc2Cl)=NC1C. The minimum Gasteiger partial charge on any atom is -0.334 e. The van der Waals surface area contributed by atoms with Crippen molar-refractivity contribution < 1.29 is 0 Å². The Morgan fingerprint density at radius 2 is 2.24 bits per heavy atom. The highest BCUT2D eigenvalue weighted by Gasteiger charge is 2.19. The summed E-state index contributed by atoms with van der Waals surface area (Å²) in [5, 5.41) is 4.96. The van der Waals surface area contributed by atoms with E-state index in [1.54, 1.807) is 11.8 Å². The molecule has 2 rings (SSSR count). The van der Waals surface area contributed by atoms with Crippen molar-refractivity contribution in [2.24, 2.45) is 10.9 Å². The van der Waals surface area contributed by atoms with Crippen molar-refractivity contribution in [1.82, 2.24) is 0 Å². The summed E-state index contributed by atoms with van der Waals surface area (Å²) in [6.45, 7) is 4.37. The predicted octanol–water partition coefficient (Wildman–Crippen LogP) is 4.64. The van der Waals surface area contributed by atoms with Gasteiger partial charge in [0.15, 0.2) is 5.17 Å². The van der Waals surface area contributed by atoms with Crippen LogP contribution >= 0.6 is 39.3 Å². The van der Waals surface area contributed by atoms with Gasteiger partial charge in [-0.05, 0) is 31.0 Å². The summed E-state index contributed by atoms with van der Waals surface area (Å²) < 4.78 is 1.01. The van der Waals surface area contributed by atoms with Gasteiger partial charge in [0, 0.05) is 10.2 Å². The van der Waals surface area contributed by atoms with Crippen LogP contribution in [0, 0.1) is 5.92 Å². The molecule has 0 bridgehead atoms. The quantitative estimate of drug-likeness (QED) is 0.809. The lowest BCUT2D eigenvalue weighted by molar-refractivity contribution is 0.537. The third-order valence-corrected chi connectivity index (χ3v) is 4.79. The monoisotopic (exact) mass is 332 g/mol. The van der Waals surface area contributed by atoms with Crippen LogP contribution in [0.15, 0.2) is 27.7 Å². The Labute approximate surface area is 119 Å². The van der Waals surface area contributed by atoms with Crippen molar-refractivity contribution in [3.05, 3.63) is 27.7 Å². The number of nitrogens with zero attached hydrogens (tertiary/aromatic N) is 1. The number of aliphatic imine (C=N–C) groups is 1. The lowest BCUT2D eigenvalue weighted by atomic mass is 10.1. The van der Waals surface area contributed by atoms with E-state index < -0.39 is 0 Å². The second-order valence-electron chi connectivity index (χ2n) is 4.21. The molecule has 0 radical (unpaired) electrons. The molecular formula is C12H14BrClN2S. The van der Waals surface area contributed by atoms with Gasteiger partial charge in [-0.15, -0.1) is 0 Å². The molecule has 2 atom stereocenters. The summed E-state index contributed by atoms with van der Waals surface area (Å²) in [7, 11) is 0. The van der Waals surface area contributed by atoms with Crippen LogP contribution in [0.25, 0.3) is 0 Å². The van der Waals surface area contributed by atoms with Gasteiger partial charge in [0.1, 0.15) is 0 Å². The van der Waals surface area contributed by atoms with Gasteiger partial charge in [-0.3, -0.25) is 4.99 Å². The van der Waals surface area contributed by atoms with E-state index in [1.807, 2.05) is 18.2 Å². The first-order valence-electron chi connectivity index (χ1n) is 5.49. The Kier molecular flexibility index (Phi) is 4.39. The number of benzene rings is 1. The second kappa shape index (κ2) is 5.63. The van der Waals surface area contributed by atoms with Gasteiger partial charge in [0.25, 0.3) is 0 Å². The van der Waals surface area contributed by atoms with Gasteiger partial charge in [-0.2, -0.15) is 0 Å². The maximum Gasteiger partial charge on any atom is 0.161 e. The fourth-order valence-corrected chi connectivity index (χ4v) is 3.12. The first-order chi connectivity index (χ1) is 8.06. The van der Waals surface area contributed by atoms with E-state index in [1.165, 1.54) is 0 Å².